The number of benzene rings is 1. The molecule has 3 rings (SSSR count). The third-order valence-corrected chi connectivity index (χ3v) is 5.64. The van der Waals surface area contributed by atoms with Gasteiger partial charge in [-0.25, -0.2) is 4.39 Å². The monoisotopic (exact) mass is 325 g/mol. The van der Waals surface area contributed by atoms with Gasteiger partial charge in [0.2, 0.25) is 0 Å². The lowest BCUT2D eigenvalue weighted by Crippen LogP contribution is -2.34. The minimum atomic E-state index is -0.309. The van der Waals surface area contributed by atoms with Gasteiger partial charge in [0.15, 0.2) is 0 Å². The summed E-state index contributed by atoms with van der Waals surface area (Å²) in [6.45, 7) is 0. The third-order valence-electron chi connectivity index (χ3n) is 3.99. The molecule has 0 radical (unpaired) electrons. The SMILES string of the molecule is O=C(NC1CCCCCC1)c1sc2cc(F)ccc2c1Cl. The fraction of sp³-hybridized carbons (Fsp3) is 0.438. The molecule has 0 unspecified atom stereocenters. The summed E-state index contributed by atoms with van der Waals surface area (Å²) in [7, 11) is 0. The van der Waals surface area contributed by atoms with Gasteiger partial charge in [-0.3, -0.25) is 4.79 Å². The highest BCUT2D eigenvalue weighted by molar-refractivity contribution is 7.21. The van der Waals surface area contributed by atoms with Crippen LogP contribution >= 0.6 is 22.9 Å². The van der Waals surface area contributed by atoms with E-state index in [4.69, 9.17) is 11.6 Å². The molecule has 1 heterocycles. The molecule has 112 valence electrons. The Morgan fingerprint density at radius 2 is 1.95 bits per heavy atom. The number of nitrogens with one attached hydrogen (secondary N) is 1. The highest BCUT2D eigenvalue weighted by atomic mass is 35.5. The van der Waals surface area contributed by atoms with Crippen LogP contribution in [0.15, 0.2) is 18.2 Å². The van der Waals surface area contributed by atoms with Crippen molar-refractivity contribution in [3.05, 3.63) is 33.9 Å². The molecule has 1 amide bonds. The van der Waals surface area contributed by atoms with Crippen molar-refractivity contribution in [3.63, 3.8) is 0 Å². The van der Waals surface area contributed by atoms with Gasteiger partial charge in [-0.05, 0) is 31.0 Å². The molecule has 2 nitrogen and oxygen atoms in total. The van der Waals surface area contributed by atoms with Crippen LogP contribution in [-0.2, 0) is 0 Å². The minimum absolute atomic E-state index is 0.131. The number of carbonyl (C=O) groups is 1. The standard InChI is InChI=1S/C16H17ClFNOS/c17-14-12-8-7-10(18)9-13(12)21-15(14)16(20)19-11-5-3-1-2-4-6-11/h7-9,11H,1-6H2,(H,19,20). The first-order chi connectivity index (χ1) is 10.1. The highest BCUT2D eigenvalue weighted by Gasteiger charge is 2.21. The second kappa shape index (κ2) is 6.32. The molecule has 21 heavy (non-hydrogen) atoms. The summed E-state index contributed by atoms with van der Waals surface area (Å²) in [5, 5.41) is 4.26. The topological polar surface area (TPSA) is 29.1 Å². The Labute approximate surface area is 132 Å². The van der Waals surface area contributed by atoms with E-state index in [1.807, 2.05) is 0 Å². The lowest BCUT2D eigenvalue weighted by Gasteiger charge is -2.15. The van der Waals surface area contributed by atoms with Crippen LogP contribution in [0.1, 0.15) is 48.2 Å². The second-order valence-electron chi connectivity index (χ2n) is 5.55. The molecular formula is C16H17ClFNOS. The van der Waals surface area contributed by atoms with Gasteiger partial charge >= 0.3 is 0 Å². The first-order valence-electron chi connectivity index (χ1n) is 7.33. The summed E-state index contributed by atoms with van der Waals surface area (Å²) in [5.41, 5.74) is 0. The highest BCUT2D eigenvalue weighted by Crippen LogP contribution is 2.35. The maximum absolute atomic E-state index is 13.3. The maximum Gasteiger partial charge on any atom is 0.263 e. The molecule has 0 aliphatic heterocycles. The molecule has 0 saturated heterocycles. The molecule has 1 aliphatic rings. The summed E-state index contributed by atoms with van der Waals surface area (Å²) in [5.74, 6) is -0.440. The Bertz CT molecular complexity index is 662. The summed E-state index contributed by atoms with van der Waals surface area (Å²) < 4.78 is 14.0. The molecule has 2 aromatic rings. The molecule has 1 aromatic heterocycles. The van der Waals surface area contributed by atoms with Crippen molar-refractivity contribution >= 4 is 38.9 Å². The van der Waals surface area contributed by atoms with Gasteiger partial charge in [0, 0.05) is 16.1 Å². The first-order valence-corrected chi connectivity index (χ1v) is 8.53. The average molecular weight is 326 g/mol. The molecule has 1 N–H and O–H groups in total. The molecule has 1 saturated carbocycles. The van der Waals surface area contributed by atoms with Crippen LogP contribution in [0.5, 0.6) is 0 Å². The van der Waals surface area contributed by atoms with Crippen LogP contribution in [0.25, 0.3) is 10.1 Å². The number of fused-ring (bicyclic) bond motifs is 1. The summed E-state index contributed by atoms with van der Waals surface area (Å²) in [6, 6.07) is 4.66. The molecule has 1 aromatic carbocycles. The number of rotatable bonds is 2. The smallest absolute Gasteiger partial charge is 0.263 e. The lowest BCUT2D eigenvalue weighted by atomic mass is 10.1. The van der Waals surface area contributed by atoms with E-state index >= 15 is 0 Å². The van der Waals surface area contributed by atoms with Gasteiger partial charge in [-0.1, -0.05) is 37.3 Å². The number of hydrogen-bond donors (Lipinski definition) is 1. The molecule has 0 atom stereocenters. The van der Waals surface area contributed by atoms with Crippen molar-refractivity contribution < 1.29 is 9.18 Å². The van der Waals surface area contributed by atoms with Crippen LogP contribution in [-0.4, -0.2) is 11.9 Å². The largest absolute Gasteiger partial charge is 0.349 e. The van der Waals surface area contributed by atoms with E-state index in [0.29, 0.717) is 14.6 Å². The maximum atomic E-state index is 13.3. The van der Waals surface area contributed by atoms with Crippen LogP contribution in [0.4, 0.5) is 4.39 Å². The first kappa shape index (κ1) is 14.8. The Morgan fingerprint density at radius 3 is 2.67 bits per heavy atom. The van der Waals surface area contributed by atoms with E-state index in [0.717, 1.165) is 31.1 Å². The summed E-state index contributed by atoms with van der Waals surface area (Å²) in [6.07, 6.45) is 6.88. The fourth-order valence-corrected chi connectivity index (χ4v) is 4.30. The van der Waals surface area contributed by atoms with Gasteiger partial charge in [0.25, 0.3) is 5.91 Å². The number of halogens is 2. The van der Waals surface area contributed by atoms with Crippen molar-refractivity contribution in [2.45, 2.75) is 44.6 Å². The van der Waals surface area contributed by atoms with E-state index in [1.165, 1.54) is 36.3 Å². The number of thiophene rings is 1. The number of amides is 1. The predicted molar refractivity (Wildman–Crippen MR) is 85.7 cm³/mol. The van der Waals surface area contributed by atoms with Crippen LogP contribution < -0.4 is 5.32 Å². The molecule has 1 fully saturated rings. The Balaban J connectivity index is 1.82. The van der Waals surface area contributed by atoms with Gasteiger partial charge in [0.05, 0.1) is 5.02 Å². The fourth-order valence-electron chi connectivity index (χ4n) is 2.86. The van der Waals surface area contributed by atoms with Crippen molar-refractivity contribution in [2.24, 2.45) is 0 Å². The Hall–Kier alpha value is -1.13. The summed E-state index contributed by atoms with van der Waals surface area (Å²) >= 11 is 7.54. The minimum Gasteiger partial charge on any atom is -0.349 e. The molecule has 0 bridgehead atoms. The average Bonchev–Trinajstić information content (AvgIpc) is 2.64. The van der Waals surface area contributed by atoms with Crippen LogP contribution in [0.3, 0.4) is 0 Å². The zero-order chi connectivity index (χ0) is 14.8. The molecule has 0 spiro atoms. The van der Waals surface area contributed by atoms with Crippen molar-refractivity contribution in [3.8, 4) is 0 Å². The van der Waals surface area contributed by atoms with Crippen LogP contribution in [0.2, 0.25) is 5.02 Å². The quantitative estimate of drug-likeness (QED) is 0.760. The van der Waals surface area contributed by atoms with E-state index in [1.54, 1.807) is 6.07 Å². The van der Waals surface area contributed by atoms with E-state index in [9.17, 15) is 9.18 Å². The van der Waals surface area contributed by atoms with E-state index in [-0.39, 0.29) is 17.8 Å². The normalized spacial score (nSPS) is 16.9. The zero-order valence-corrected chi connectivity index (χ0v) is 13.2. The van der Waals surface area contributed by atoms with Gasteiger partial charge < -0.3 is 5.32 Å². The predicted octanol–water partition coefficient (Wildman–Crippen LogP) is 5.15. The van der Waals surface area contributed by atoms with Gasteiger partial charge in [0.1, 0.15) is 10.7 Å². The molecule has 5 heteroatoms. The van der Waals surface area contributed by atoms with Gasteiger partial charge in [-0.15, -0.1) is 11.3 Å². The molecular weight excluding hydrogens is 309 g/mol. The summed E-state index contributed by atoms with van der Waals surface area (Å²) in [4.78, 5) is 12.9. The Morgan fingerprint density at radius 1 is 1.24 bits per heavy atom. The number of hydrogen-bond acceptors (Lipinski definition) is 2. The third kappa shape index (κ3) is 3.22. The van der Waals surface area contributed by atoms with Gasteiger partial charge in [-0.2, -0.15) is 0 Å². The van der Waals surface area contributed by atoms with Crippen molar-refractivity contribution in [2.75, 3.05) is 0 Å². The number of carbonyl (C=O) groups excluding carboxylic acids is 1. The van der Waals surface area contributed by atoms with E-state index < -0.39 is 0 Å². The molecule has 1 aliphatic carbocycles. The van der Waals surface area contributed by atoms with E-state index in [2.05, 4.69) is 5.32 Å². The Kier molecular flexibility index (Phi) is 4.45. The van der Waals surface area contributed by atoms with Crippen molar-refractivity contribution in [1.29, 1.82) is 0 Å². The second-order valence-corrected chi connectivity index (χ2v) is 6.98. The van der Waals surface area contributed by atoms with Crippen molar-refractivity contribution in [1.82, 2.24) is 5.32 Å². The lowest BCUT2D eigenvalue weighted by molar-refractivity contribution is 0.0937. The van der Waals surface area contributed by atoms with Crippen LogP contribution in [0, 0.1) is 5.82 Å². The zero-order valence-electron chi connectivity index (χ0n) is 11.6.